The number of carbonyl (C=O) groups excluding carboxylic acids is 2. The Kier molecular flexibility index (Phi) is 11.0. The van der Waals surface area contributed by atoms with Gasteiger partial charge in [-0.2, -0.15) is 0 Å². The van der Waals surface area contributed by atoms with Crippen molar-refractivity contribution in [1.29, 1.82) is 0 Å². The second-order valence-electron chi connectivity index (χ2n) is 7.09. The van der Waals surface area contributed by atoms with Crippen molar-refractivity contribution >= 4 is 29.3 Å². The lowest BCUT2D eigenvalue weighted by Gasteiger charge is -2.17. The largest absolute Gasteiger partial charge is 0.352 e. The SMILES string of the molecule is CCN(CC)CCCCNC(=O)c1ccc(CSCC(=O)Nc2ccccc2)cc1. The first-order chi connectivity index (χ1) is 14.6. The van der Waals surface area contributed by atoms with E-state index in [1.54, 1.807) is 11.8 Å². The van der Waals surface area contributed by atoms with E-state index in [1.807, 2.05) is 54.6 Å². The van der Waals surface area contributed by atoms with Crippen LogP contribution in [-0.2, 0) is 10.5 Å². The van der Waals surface area contributed by atoms with Crippen molar-refractivity contribution in [3.63, 3.8) is 0 Å². The van der Waals surface area contributed by atoms with Gasteiger partial charge in [-0.1, -0.05) is 44.2 Å². The summed E-state index contributed by atoms with van der Waals surface area (Å²) in [4.78, 5) is 26.6. The summed E-state index contributed by atoms with van der Waals surface area (Å²) in [5, 5.41) is 5.87. The molecule has 0 radical (unpaired) electrons. The third kappa shape index (κ3) is 9.01. The zero-order chi connectivity index (χ0) is 21.6. The number of hydrogen-bond donors (Lipinski definition) is 2. The van der Waals surface area contributed by atoms with Crippen molar-refractivity contribution in [1.82, 2.24) is 10.2 Å². The molecule has 0 aliphatic carbocycles. The molecule has 0 saturated carbocycles. The van der Waals surface area contributed by atoms with Gasteiger partial charge in [0.05, 0.1) is 5.75 Å². The summed E-state index contributed by atoms with van der Waals surface area (Å²) in [5.74, 6) is 1.09. The first kappa shape index (κ1) is 24.0. The van der Waals surface area contributed by atoms with Crippen LogP contribution in [0.4, 0.5) is 5.69 Å². The Labute approximate surface area is 184 Å². The van der Waals surface area contributed by atoms with Gasteiger partial charge in [-0.25, -0.2) is 0 Å². The van der Waals surface area contributed by atoms with E-state index in [0.29, 0.717) is 17.9 Å². The number of anilines is 1. The zero-order valence-corrected chi connectivity index (χ0v) is 18.8. The summed E-state index contributed by atoms with van der Waals surface area (Å²) in [5.41, 5.74) is 2.59. The molecular weight excluding hydrogens is 394 g/mol. The molecule has 0 heterocycles. The summed E-state index contributed by atoms with van der Waals surface area (Å²) in [6.07, 6.45) is 2.08. The van der Waals surface area contributed by atoms with Gasteiger partial charge in [0.2, 0.25) is 5.91 Å². The van der Waals surface area contributed by atoms with Gasteiger partial charge in [-0.15, -0.1) is 11.8 Å². The third-order valence-corrected chi connectivity index (χ3v) is 5.86. The van der Waals surface area contributed by atoms with Crippen LogP contribution in [0.25, 0.3) is 0 Å². The van der Waals surface area contributed by atoms with E-state index < -0.39 is 0 Å². The maximum atomic E-state index is 12.3. The lowest BCUT2D eigenvalue weighted by molar-refractivity contribution is -0.113. The number of rotatable bonds is 13. The molecule has 0 aliphatic heterocycles. The normalized spacial score (nSPS) is 10.8. The predicted molar refractivity (Wildman–Crippen MR) is 127 cm³/mol. The molecular formula is C24H33N3O2S. The fourth-order valence-electron chi connectivity index (χ4n) is 3.04. The molecule has 0 unspecified atom stereocenters. The average Bonchev–Trinajstić information content (AvgIpc) is 2.77. The highest BCUT2D eigenvalue weighted by atomic mass is 32.2. The van der Waals surface area contributed by atoms with Gasteiger partial charge in [-0.05, 0) is 62.3 Å². The molecule has 0 saturated heterocycles. The molecule has 0 aromatic heterocycles. The Morgan fingerprint density at radius 1 is 0.933 bits per heavy atom. The number of unbranched alkanes of at least 4 members (excludes halogenated alkanes) is 1. The molecule has 2 amide bonds. The van der Waals surface area contributed by atoms with Gasteiger partial charge in [0.25, 0.3) is 5.91 Å². The zero-order valence-electron chi connectivity index (χ0n) is 18.0. The number of benzene rings is 2. The Morgan fingerprint density at radius 3 is 2.30 bits per heavy atom. The fourth-order valence-corrected chi connectivity index (χ4v) is 3.82. The Hall–Kier alpha value is -2.31. The van der Waals surface area contributed by atoms with Crippen LogP contribution in [0.5, 0.6) is 0 Å². The molecule has 2 aromatic carbocycles. The van der Waals surface area contributed by atoms with Crippen LogP contribution in [-0.4, -0.2) is 48.6 Å². The van der Waals surface area contributed by atoms with Crippen LogP contribution >= 0.6 is 11.8 Å². The quantitative estimate of drug-likeness (QED) is 0.465. The first-order valence-electron chi connectivity index (χ1n) is 10.6. The van der Waals surface area contributed by atoms with Crippen molar-refractivity contribution in [2.75, 3.05) is 37.2 Å². The number of para-hydroxylation sites is 1. The molecule has 162 valence electrons. The predicted octanol–water partition coefficient (Wildman–Crippen LogP) is 4.41. The minimum Gasteiger partial charge on any atom is -0.352 e. The summed E-state index contributed by atoms with van der Waals surface area (Å²) in [6, 6.07) is 17.1. The van der Waals surface area contributed by atoms with Gasteiger partial charge in [-0.3, -0.25) is 9.59 Å². The van der Waals surface area contributed by atoms with Gasteiger partial charge in [0, 0.05) is 23.5 Å². The number of nitrogens with one attached hydrogen (secondary N) is 2. The van der Waals surface area contributed by atoms with Crippen molar-refractivity contribution in [2.24, 2.45) is 0 Å². The Bertz CT molecular complexity index is 762. The number of carbonyl (C=O) groups is 2. The number of nitrogens with zero attached hydrogens (tertiary/aromatic N) is 1. The fraction of sp³-hybridized carbons (Fsp3) is 0.417. The molecule has 5 nitrogen and oxygen atoms in total. The van der Waals surface area contributed by atoms with Crippen LogP contribution in [0.15, 0.2) is 54.6 Å². The summed E-state index contributed by atoms with van der Waals surface area (Å²) in [6.45, 7) is 8.28. The third-order valence-electron chi connectivity index (χ3n) is 4.86. The molecule has 30 heavy (non-hydrogen) atoms. The minimum absolute atomic E-state index is 0.0109. The van der Waals surface area contributed by atoms with Gasteiger partial charge < -0.3 is 15.5 Å². The molecule has 0 spiro atoms. The highest BCUT2D eigenvalue weighted by molar-refractivity contribution is 7.99. The van der Waals surface area contributed by atoms with E-state index in [0.717, 1.165) is 49.5 Å². The molecule has 2 aromatic rings. The van der Waals surface area contributed by atoms with E-state index in [1.165, 1.54) is 0 Å². The summed E-state index contributed by atoms with van der Waals surface area (Å²) in [7, 11) is 0. The van der Waals surface area contributed by atoms with E-state index in [9.17, 15) is 9.59 Å². The lowest BCUT2D eigenvalue weighted by atomic mass is 10.1. The lowest BCUT2D eigenvalue weighted by Crippen LogP contribution is -2.27. The monoisotopic (exact) mass is 427 g/mol. The van der Waals surface area contributed by atoms with Crippen molar-refractivity contribution in [3.8, 4) is 0 Å². The molecule has 0 aliphatic rings. The smallest absolute Gasteiger partial charge is 0.251 e. The molecule has 0 bridgehead atoms. The van der Waals surface area contributed by atoms with E-state index >= 15 is 0 Å². The van der Waals surface area contributed by atoms with Crippen molar-refractivity contribution in [3.05, 3.63) is 65.7 Å². The van der Waals surface area contributed by atoms with Crippen molar-refractivity contribution < 1.29 is 9.59 Å². The van der Waals surface area contributed by atoms with E-state index in [2.05, 4.69) is 29.4 Å². The molecule has 6 heteroatoms. The highest BCUT2D eigenvalue weighted by Gasteiger charge is 2.06. The summed E-state index contributed by atoms with van der Waals surface area (Å²) < 4.78 is 0. The van der Waals surface area contributed by atoms with Crippen LogP contribution in [0.1, 0.15) is 42.6 Å². The van der Waals surface area contributed by atoms with Crippen LogP contribution in [0.3, 0.4) is 0 Å². The maximum Gasteiger partial charge on any atom is 0.251 e. The molecule has 0 fully saturated rings. The molecule has 0 atom stereocenters. The van der Waals surface area contributed by atoms with Crippen LogP contribution < -0.4 is 10.6 Å². The average molecular weight is 428 g/mol. The molecule has 2 rings (SSSR count). The number of hydrogen-bond acceptors (Lipinski definition) is 4. The van der Waals surface area contributed by atoms with Crippen LogP contribution in [0.2, 0.25) is 0 Å². The number of thioether (sulfide) groups is 1. The Morgan fingerprint density at radius 2 is 1.63 bits per heavy atom. The topological polar surface area (TPSA) is 61.4 Å². The van der Waals surface area contributed by atoms with E-state index in [4.69, 9.17) is 0 Å². The van der Waals surface area contributed by atoms with Gasteiger partial charge in [0.15, 0.2) is 0 Å². The van der Waals surface area contributed by atoms with Crippen molar-refractivity contribution in [2.45, 2.75) is 32.4 Å². The first-order valence-corrected chi connectivity index (χ1v) is 11.8. The highest BCUT2D eigenvalue weighted by Crippen LogP contribution is 2.14. The second kappa shape index (κ2) is 13.8. The van der Waals surface area contributed by atoms with E-state index in [-0.39, 0.29) is 11.8 Å². The van der Waals surface area contributed by atoms with Gasteiger partial charge >= 0.3 is 0 Å². The minimum atomic E-state index is -0.0284. The number of amides is 2. The maximum absolute atomic E-state index is 12.3. The Balaban J connectivity index is 1.64. The van der Waals surface area contributed by atoms with Gasteiger partial charge in [0.1, 0.15) is 0 Å². The summed E-state index contributed by atoms with van der Waals surface area (Å²) >= 11 is 1.56. The second-order valence-corrected chi connectivity index (χ2v) is 8.08. The van der Waals surface area contributed by atoms with Crippen LogP contribution in [0, 0.1) is 0 Å². The standard InChI is InChI=1S/C24H33N3O2S/c1-3-27(4-2)17-9-8-16-25-24(29)21-14-12-20(13-15-21)18-30-19-23(28)26-22-10-6-5-7-11-22/h5-7,10-15H,3-4,8-9,16-19H2,1-2H3,(H,25,29)(H,26,28). The molecule has 2 N–H and O–H groups in total.